The number of hydrogen-bond acceptors (Lipinski definition) is 2. The van der Waals surface area contributed by atoms with Crippen molar-refractivity contribution in [3.8, 4) is 0 Å². The van der Waals surface area contributed by atoms with Crippen LogP contribution in [-0.4, -0.2) is 18.4 Å². The van der Waals surface area contributed by atoms with Crippen molar-refractivity contribution in [3.05, 3.63) is 94.5 Å². The predicted molar refractivity (Wildman–Crippen MR) is 121 cm³/mol. The molecule has 4 rings (SSSR count). The Labute approximate surface area is 177 Å². The van der Waals surface area contributed by atoms with Crippen LogP contribution in [0.2, 0.25) is 0 Å². The summed E-state index contributed by atoms with van der Waals surface area (Å²) >= 11 is 0. The maximum atomic E-state index is 13.0. The smallest absolute Gasteiger partial charge is 0.258 e. The second kappa shape index (κ2) is 8.54. The lowest BCUT2D eigenvalue weighted by Crippen LogP contribution is -2.35. The molecule has 0 aromatic heterocycles. The van der Waals surface area contributed by atoms with Crippen molar-refractivity contribution in [2.75, 3.05) is 16.8 Å². The van der Waals surface area contributed by atoms with E-state index >= 15 is 0 Å². The van der Waals surface area contributed by atoms with Gasteiger partial charge in [-0.3, -0.25) is 9.59 Å². The number of nitrogens with zero attached hydrogens (tertiary/aromatic N) is 1. The summed E-state index contributed by atoms with van der Waals surface area (Å²) < 4.78 is 0. The fourth-order valence-electron chi connectivity index (χ4n) is 3.83. The van der Waals surface area contributed by atoms with Gasteiger partial charge in [0, 0.05) is 29.0 Å². The summed E-state index contributed by atoms with van der Waals surface area (Å²) in [6.45, 7) is 4.80. The Morgan fingerprint density at radius 2 is 1.63 bits per heavy atom. The SMILES string of the molecule is CCc1ccc(NC(=O)c2ccc3c(c2)CCCN3C(=O)c2ccc(C)cc2)cc1. The molecule has 0 saturated carbocycles. The summed E-state index contributed by atoms with van der Waals surface area (Å²) in [5.74, 6) is -0.131. The van der Waals surface area contributed by atoms with Gasteiger partial charge in [0.25, 0.3) is 11.8 Å². The Bertz CT molecular complexity index is 1070. The fraction of sp³-hybridized carbons (Fsp3) is 0.231. The van der Waals surface area contributed by atoms with E-state index < -0.39 is 0 Å². The van der Waals surface area contributed by atoms with E-state index in [1.165, 1.54) is 5.56 Å². The molecule has 152 valence electrons. The topological polar surface area (TPSA) is 49.4 Å². The maximum absolute atomic E-state index is 13.0. The Kier molecular flexibility index (Phi) is 5.66. The van der Waals surface area contributed by atoms with Gasteiger partial charge in [0.2, 0.25) is 0 Å². The number of benzene rings is 3. The maximum Gasteiger partial charge on any atom is 0.258 e. The van der Waals surface area contributed by atoms with Crippen molar-refractivity contribution in [1.82, 2.24) is 0 Å². The van der Waals surface area contributed by atoms with Crippen molar-refractivity contribution in [2.45, 2.75) is 33.1 Å². The molecule has 1 N–H and O–H groups in total. The molecule has 0 spiro atoms. The molecule has 3 aromatic rings. The molecule has 3 aromatic carbocycles. The number of hydrogen-bond donors (Lipinski definition) is 1. The van der Waals surface area contributed by atoms with Crippen LogP contribution < -0.4 is 10.2 Å². The Morgan fingerprint density at radius 1 is 0.933 bits per heavy atom. The minimum Gasteiger partial charge on any atom is -0.322 e. The van der Waals surface area contributed by atoms with E-state index in [4.69, 9.17) is 0 Å². The van der Waals surface area contributed by atoms with Crippen LogP contribution >= 0.6 is 0 Å². The molecule has 1 aliphatic heterocycles. The predicted octanol–water partition coefficient (Wildman–Crippen LogP) is 5.40. The highest BCUT2D eigenvalue weighted by Crippen LogP contribution is 2.30. The quantitative estimate of drug-likeness (QED) is 0.639. The lowest BCUT2D eigenvalue weighted by atomic mass is 9.98. The number of aryl methyl sites for hydroxylation is 3. The van der Waals surface area contributed by atoms with Crippen molar-refractivity contribution in [3.63, 3.8) is 0 Å². The van der Waals surface area contributed by atoms with Crippen molar-refractivity contribution >= 4 is 23.2 Å². The van der Waals surface area contributed by atoms with E-state index in [1.807, 2.05) is 72.5 Å². The van der Waals surface area contributed by atoms with Crippen LogP contribution in [0.3, 0.4) is 0 Å². The zero-order valence-corrected chi connectivity index (χ0v) is 17.4. The number of anilines is 2. The number of rotatable bonds is 4. The van der Waals surface area contributed by atoms with E-state index in [0.717, 1.165) is 41.8 Å². The minimum atomic E-state index is -0.135. The Balaban J connectivity index is 1.54. The van der Waals surface area contributed by atoms with Gasteiger partial charge in [-0.1, -0.05) is 36.8 Å². The molecule has 0 atom stereocenters. The largest absolute Gasteiger partial charge is 0.322 e. The van der Waals surface area contributed by atoms with Gasteiger partial charge in [0.1, 0.15) is 0 Å². The molecule has 0 bridgehead atoms. The number of carbonyl (C=O) groups excluding carboxylic acids is 2. The summed E-state index contributed by atoms with van der Waals surface area (Å²) in [6.07, 6.45) is 2.71. The summed E-state index contributed by atoms with van der Waals surface area (Å²) in [4.78, 5) is 27.6. The summed E-state index contributed by atoms with van der Waals surface area (Å²) in [5.41, 5.74) is 6.38. The molecular weight excluding hydrogens is 372 g/mol. The lowest BCUT2D eigenvalue weighted by Gasteiger charge is -2.30. The van der Waals surface area contributed by atoms with Crippen LogP contribution in [0.4, 0.5) is 11.4 Å². The van der Waals surface area contributed by atoms with Crippen molar-refractivity contribution < 1.29 is 9.59 Å². The van der Waals surface area contributed by atoms with Crippen molar-refractivity contribution in [1.29, 1.82) is 0 Å². The normalized spacial score (nSPS) is 12.9. The first-order valence-corrected chi connectivity index (χ1v) is 10.5. The molecule has 1 heterocycles. The van der Waals surface area contributed by atoms with Gasteiger partial charge in [-0.05, 0) is 79.8 Å². The van der Waals surface area contributed by atoms with Crippen LogP contribution in [0.5, 0.6) is 0 Å². The van der Waals surface area contributed by atoms with Gasteiger partial charge in [0.15, 0.2) is 0 Å². The van der Waals surface area contributed by atoms with Crippen LogP contribution in [0.25, 0.3) is 0 Å². The van der Waals surface area contributed by atoms with Crippen LogP contribution in [0.15, 0.2) is 66.7 Å². The van der Waals surface area contributed by atoms with E-state index in [0.29, 0.717) is 17.7 Å². The number of nitrogens with one attached hydrogen (secondary N) is 1. The van der Waals surface area contributed by atoms with Gasteiger partial charge < -0.3 is 10.2 Å². The van der Waals surface area contributed by atoms with E-state index in [9.17, 15) is 9.59 Å². The third-order valence-corrected chi connectivity index (χ3v) is 5.62. The van der Waals surface area contributed by atoms with Gasteiger partial charge in [-0.2, -0.15) is 0 Å². The summed E-state index contributed by atoms with van der Waals surface area (Å²) in [7, 11) is 0. The standard InChI is InChI=1S/C26H26N2O2/c1-3-19-8-13-23(14-9-19)27-25(29)22-12-15-24-21(17-22)5-4-16-28(24)26(30)20-10-6-18(2)7-11-20/h6-15,17H,3-5,16H2,1-2H3,(H,27,29). The van der Waals surface area contributed by atoms with E-state index in [1.54, 1.807) is 6.07 Å². The average Bonchev–Trinajstić information content (AvgIpc) is 2.79. The number of amides is 2. The molecule has 4 nitrogen and oxygen atoms in total. The zero-order valence-electron chi connectivity index (χ0n) is 17.4. The summed E-state index contributed by atoms with van der Waals surface area (Å²) in [5, 5.41) is 2.96. The third kappa shape index (κ3) is 4.13. The molecule has 0 unspecified atom stereocenters. The molecule has 0 fully saturated rings. The molecule has 30 heavy (non-hydrogen) atoms. The highest BCUT2D eigenvalue weighted by atomic mass is 16.2. The highest BCUT2D eigenvalue weighted by molar-refractivity contribution is 6.08. The van der Waals surface area contributed by atoms with Gasteiger partial charge in [-0.25, -0.2) is 0 Å². The molecule has 1 aliphatic rings. The van der Waals surface area contributed by atoms with Gasteiger partial charge in [0.05, 0.1) is 0 Å². The van der Waals surface area contributed by atoms with Gasteiger partial charge >= 0.3 is 0 Å². The lowest BCUT2D eigenvalue weighted by molar-refractivity contribution is 0.0984. The Morgan fingerprint density at radius 3 is 2.33 bits per heavy atom. The van der Waals surface area contributed by atoms with E-state index in [-0.39, 0.29) is 11.8 Å². The number of carbonyl (C=O) groups is 2. The monoisotopic (exact) mass is 398 g/mol. The zero-order chi connectivity index (χ0) is 21.1. The van der Waals surface area contributed by atoms with Crippen molar-refractivity contribution in [2.24, 2.45) is 0 Å². The second-order valence-corrected chi connectivity index (χ2v) is 7.77. The highest BCUT2D eigenvalue weighted by Gasteiger charge is 2.24. The molecule has 0 radical (unpaired) electrons. The average molecular weight is 399 g/mol. The summed E-state index contributed by atoms with van der Waals surface area (Å²) in [6, 6.07) is 21.2. The van der Waals surface area contributed by atoms with E-state index in [2.05, 4.69) is 12.2 Å². The minimum absolute atomic E-state index is 0.00386. The molecule has 2 amide bonds. The first kappa shape index (κ1) is 19.9. The molecule has 0 saturated heterocycles. The molecule has 4 heteroatoms. The fourth-order valence-corrected chi connectivity index (χ4v) is 3.83. The third-order valence-electron chi connectivity index (χ3n) is 5.62. The second-order valence-electron chi connectivity index (χ2n) is 7.77. The van der Waals surface area contributed by atoms with Crippen LogP contribution in [-0.2, 0) is 12.8 Å². The van der Waals surface area contributed by atoms with Gasteiger partial charge in [-0.15, -0.1) is 0 Å². The first-order chi connectivity index (χ1) is 14.5. The Hall–Kier alpha value is -3.40. The molecular formula is C26H26N2O2. The number of fused-ring (bicyclic) bond motifs is 1. The van der Waals surface area contributed by atoms with Crippen LogP contribution in [0, 0.1) is 6.92 Å². The first-order valence-electron chi connectivity index (χ1n) is 10.5. The van der Waals surface area contributed by atoms with Crippen LogP contribution in [0.1, 0.15) is 50.8 Å². The molecule has 0 aliphatic carbocycles.